The third kappa shape index (κ3) is 4.22. The zero-order valence-corrected chi connectivity index (χ0v) is 15.5. The van der Waals surface area contributed by atoms with E-state index in [-0.39, 0.29) is 0 Å². The Morgan fingerprint density at radius 2 is 1.75 bits per heavy atom. The highest BCUT2D eigenvalue weighted by atomic mass is 16.2. The summed E-state index contributed by atoms with van der Waals surface area (Å²) < 4.78 is 0. The van der Waals surface area contributed by atoms with Gasteiger partial charge in [-0.05, 0) is 43.4 Å². The van der Waals surface area contributed by atoms with E-state index in [2.05, 4.69) is 22.1 Å². The molecule has 0 aromatic carbocycles. The van der Waals surface area contributed by atoms with Crippen molar-refractivity contribution >= 4 is 11.9 Å². The van der Waals surface area contributed by atoms with Gasteiger partial charge in [0, 0.05) is 46.2 Å². The first-order valence-electron chi connectivity index (χ1n) is 9.90. The fourth-order valence-electron chi connectivity index (χ4n) is 4.77. The van der Waals surface area contributed by atoms with Crippen molar-refractivity contribution in [3.05, 3.63) is 0 Å². The first-order chi connectivity index (χ1) is 11.7. The molecule has 2 heterocycles. The van der Waals surface area contributed by atoms with Crippen LogP contribution in [0.2, 0.25) is 0 Å². The number of hydrogen-bond donors (Lipinski definition) is 1. The number of fused-ring (bicyclic) bond motifs is 1. The smallest absolute Gasteiger partial charge is 0.224 e. The Bertz CT molecular complexity index is 450. The zero-order valence-electron chi connectivity index (χ0n) is 15.5. The lowest BCUT2D eigenvalue weighted by molar-refractivity contribution is -0.132. The molecule has 1 saturated carbocycles. The molecule has 1 aliphatic carbocycles. The van der Waals surface area contributed by atoms with E-state index in [1.807, 2.05) is 11.9 Å². The predicted octanol–water partition coefficient (Wildman–Crippen LogP) is 2.33. The number of rotatable bonds is 3. The van der Waals surface area contributed by atoms with Crippen molar-refractivity contribution in [2.75, 3.05) is 39.8 Å². The number of aliphatic imine (C=N–C) groups is 1. The number of carbonyl (C=O) groups is 1. The second-order valence-corrected chi connectivity index (χ2v) is 8.02. The first kappa shape index (κ1) is 17.6. The molecule has 136 valence electrons. The number of guanidine groups is 1. The highest BCUT2D eigenvalue weighted by Crippen LogP contribution is 2.35. The minimum Gasteiger partial charge on any atom is -0.356 e. The first-order valence-corrected chi connectivity index (χ1v) is 9.90. The van der Waals surface area contributed by atoms with E-state index in [9.17, 15) is 4.79 Å². The van der Waals surface area contributed by atoms with Crippen molar-refractivity contribution in [2.45, 2.75) is 51.9 Å². The van der Waals surface area contributed by atoms with Crippen LogP contribution in [0.3, 0.4) is 0 Å². The van der Waals surface area contributed by atoms with Crippen LogP contribution in [0, 0.1) is 17.8 Å². The van der Waals surface area contributed by atoms with Crippen LogP contribution >= 0.6 is 0 Å². The van der Waals surface area contributed by atoms with Gasteiger partial charge in [0.15, 0.2) is 5.96 Å². The van der Waals surface area contributed by atoms with Gasteiger partial charge in [0.2, 0.25) is 5.91 Å². The van der Waals surface area contributed by atoms with Crippen molar-refractivity contribution < 1.29 is 4.79 Å². The minimum atomic E-state index is 0.291. The van der Waals surface area contributed by atoms with Gasteiger partial charge in [0.25, 0.3) is 0 Å². The normalized spacial score (nSPS) is 31.1. The molecule has 0 bridgehead atoms. The van der Waals surface area contributed by atoms with E-state index in [1.165, 1.54) is 32.1 Å². The molecular formula is C19H34N4O. The van der Waals surface area contributed by atoms with Gasteiger partial charge in [-0.15, -0.1) is 0 Å². The van der Waals surface area contributed by atoms with Crippen LogP contribution in [0.4, 0.5) is 0 Å². The third-order valence-corrected chi connectivity index (χ3v) is 6.12. The molecule has 5 heteroatoms. The van der Waals surface area contributed by atoms with Crippen molar-refractivity contribution in [3.63, 3.8) is 0 Å². The number of likely N-dealkylation sites (tertiary alicyclic amines) is 2. The lowest BCUT2D eigenvalue weighted by Gasteiger charge is -2.31. The molecule has 0 aromatic heterocycles. The molecule has 24 heavy (non-hydrogen) atoms. The number of piperidine rings is 1. The average molecular weight is 335 g/mol. The highest BCUT2D eigenvalue weighted by Gasteiger charge is 2.35. The van der Waals surface area contributed by atoms with Gasteiger partial charge in [0.05, 0.1) is 0 Å². The molecule has 0 spiro atoms. The minimum absolute atomic E-state index is 0.291. The monoisotopic (exact) mass is 334 g/mol. The van der Waals surface area contributed by atoms with E-state index in [0.717, 1.165) is 50.4 Å². The summed E-state index contributed by atoms with van der Waals surface area (Å²) in [6, 6.07) is 0. The fraction of sp³-hybridized carbons (Fsp3) is 0.895. The lowest BCUT2D eigenvalue weighted by Crippen LogP contribution is -2.43. The predicted molar refractivity (Wildman–Crippen MR) is 98.0 cm³/mol. The topological polar surface area (TPSA) is 47.9 Å². The van der Waals surface area contributed by atoms with Crippen LogP contribution in [0.25, 0.3) is 0 Å². The molecule has 2 aliphatic heterocycles. The summed E-state index contributed by atoms with van der Waals surface area (Å²) in [4.78, 5) is 21.3. The van der Waals surface area contributed by atoms with Crippen LogP contribution in [0.1, 0.15) is 51.9 Å². The van der Waals surface area contributed by atoms with Gasteiger partial charge in [0.1, 0.15) is 0 Å². The summed E-state index contributed by atoms with van der Waals surface area (Å²) in [5, 5.41) is 3.43. The number of hydrogen-bond acceptors (Lipinski definition) is 2. The van der Waals surface area contributed by atoms with Gasteiger partial charge in [-0.3, -0.25) is 9.79 Å². The number of nitrogens with zero attached hydrogens (tertiary/aromatic N) is 3. The SMILES string of the molecule is CN=C(NCCC(=O)N1CCCC(C)C1)N1CC2CCCCC2C1. The van der Waals surface area contributed by atoms with E-state index in [0.29, 0.717) is 24.8 Å². The summed E-state index contributed by atoms with van der Waals surface area (Å²) in [7, 11) is 1.86. The Labute approximate surface area is 146 Å². The van der Waals surface area contributed by atoms with Gasteiger partial charge in [-0.25, -0.2) is 0 Å². The summed E-state index contributed by atoms with van der Waals surface area (Å²) >= 11 is 0. The van der Waals surface area contributed by atoms with Crippen molar-refractivity contribution in [2.24, 2.45) is 22.7 Å². The average Bonchev–Trinajstić information content (AvgIpc) is 3.02. The van der Waals surface area contributed by atoms with E-state index in [1.54, 1.807) is 0 Å². The fourth-order valence-corrected chi connectivity index (χ4v) is 4.77. The van der Waals surface area contributed by atoms with Gasteiger partial charge < -0.3 is 15.1 Å². The molecule has 0 radical (unpaired) electrons. The van der Waals surface area contributed by atoms with E-state index in [4.69, 9.17) is 0 Å². The molecule has 0 aromatic rings. The van der Waals surface area contributed by atoms with Crippen LogP contribution in [-0.4, -0.2) is 61.4 Å². The van der Waals surface area contributed by atoms with Gasteiger partial charge >= 0.3 is 0 Å². The molecule has 3 unspecified atom stereocenters. The number of nitrogens with one attached hydrogen (secondary N) is 1. The Hall–Kier alpha value is -1.26. The Kier molecular flexibility index (Phi) is 6.01. The quantitative estimate of drug-likeness (QED) is 0.636. The molecule has 3 fully saturated rings. The van der Waals surface area contributed by atoms with E-state index < -0.39 is 0 Å². The lowest BCUT2D eigenvalue weighted by atomic mass is 9.82. The third-order valence-electron chi connectivity index (χ3n) is 6.12. The van der Waals surface area contributed by atoms with E-state index >= 15 is 0 Å². The van der Waals surface area contributed by atoms with Gasteiger partial charge in [-0.2, -0.15) is 0 Å². The zero-order chi connectivity index (χ0) is 16.9. The molecule has 3 rings (SSSR count). The summed E-state index contributed by atoms with van der Waals surface area (Å²) in [6.45, 7) is 7.09. The van der Waals surface area contributed by atoms with Crippen molar-refractivity contribution in [3.8, 4) is 0 Å². The maximum absolute atomic E-state index is 12.4. The molecule has 3 aliphatic rings. The molecular weight excluding hydrogens is 300 g/mol. The van der Waals surface area contributed by atoms with Crippen molar-refractivity contribution in [1.82, 2.24) is 15.1 Å². The van der Waals surface area contributed by atoms with Crippen LogP contribution < -0.4 is 5.32 Å². The standard InChI is InChI=1S/C19H34N4O/c1-15-6-5-11-22(12-15)18(24)9-10-21-19(20-2)23-13-16-7-3-4-8-17(16)14-23/h15-17H,3-14H2,1-2H3,(H,20,21). The maximum Gasteiger partial charge on any atom is 0.224 e. The number of carbonyl (C=O) groups excluding carboxylic acids is 1. The second kappa shape index (κ2) is 8.21. The molecule has 1 N–H and O–H groups in total. The molecule has 5 nitrogen and oxygen atoms in total. The number of amides is 1. The highest BCUT2D eigenvalue weighted by molar-refractivity contribution is 5.81. The largest absolute Gasteiger partial charge is 0.356 e. The van der Waals surface area contributed by atoms with Crippen LogP contribution in [0.5, 0.6) is 0 Å². The van der Waals surface area contributed by atoms with Crippen LogP contribution in [-0.2, 0) is 4.79 Å². The summed E-state index contributed by atoms with van der Waals surface area (Å²) in [6.07, 6.45) is 8.53. The molecule has 2 saturated heterocycles. The Balaban J connectivity index is 1.42. The molecule has 1 amide bonds. The molecule has 3 atom stereocenters. The summed E-state index contributed by atoms with van der Waals surface area (Å²) in [5.41, 5.74) is 0. The maximum atomic E-state index is 12.4. The summed E-state index contributed by atoms with van der Waals surface area (Å²) in [5.74, 6) is 3.64. The second-order valence-electron chi connectivity index (χ2n) is 8.02. The Morgan fingerprint density at radius 3 is 2.38 bits per heavy atom. The van der Waals surface area contributed by atoms with Crippen molar-refractivity contribution in [1.29, 1.82) is 0 Å². The van der Waals surface area contributed by atoms with Gasteiger partial charge in [-0.1, -0.05) is 19.8 Å². The Morgan fingerprint density at radius 1 is 1.04 bits per heavy atom. The van der Waals surface area contributed by atoms with Crippen LogP contribution in [0.15, 0.2) is 4.99 Å².